The predicted octanol–water partition coefficient (Wildman–Crippen LogP) is 0.837. The monoisotopic (exact) mass is 324 g/mol. The van der Waals surface area contributed by atoms with Gasteiger partial charge in [-0.2, -0.15) is 9.61 Å². The van der Waals surface area contributed by atoms with Crippen molar-refractivity contribution < 1.29 is 9.53 Å². The van der Waals surface area contributed by atoms with E-state index in [1.807, 2.05) is 24.3 Å². The lowest BCUT2D eigenvalue weighted by molar-refractivity contribution is 0.0592. The van der Waals surface area contributed by atoms with Crippen LogP contribution in [0.4, 0.5) is 0 Å². The predicted molar refractivity (Wildman–Crippen MR) is 88.0 cm³/mol. The Morgan fingerprint density at radius 2 is 2.12 bits per heavy atom. The van der Waals surface area contributed by atoms with Crippen molar-refractivity contribution in [3.63, 3.8) is 0 Å². The van der Waals surface area contributed by atoms with Crippen molar-refractivity contribution in [2.24, 2.45) is 10.7 Å². The third-order valence-electron chi connectivity index (χ3n) is 3.55. The maximum atomic E-state index is 11.6. The number of rotatable bonds is 4. The topological polar surface area (TPSA) is 108 Å². The molecule has 0 saturated heterocycles. The van der Waals surface area contributed by atoms with Crippen molar-refractivity contribution in [2.75, 3.05) is 14.2 Å². The lowest BCUT2D eigenvalue weighted by Crippen LogP contribution is -2.13. The Bertz CT molecular complexity index is 931. The summed E-state index contributed by atoms with van der Waals surface area (Å²) in [7, 11) is 2.96. The summed E-state index contributed by atoms with van der Waals surface area (Å²) in [4.78, 5) is 15.6. The molecule has 8 heteroatoms. The standard InChI is InChI=1S/C16H16N6O2/c1-18-15(17)11-5-3-4-10(8-11)9-14-20-19-13-7-6-12(16(23)24-2)21-22(13)14/h3-8H,9H2,1-2H3,(H2,17,18). The maximum absolute atomic E-state index is 11.6. The van der Waals surface area contributed by atoms with Gasteiger partial charge in [0.25, 0.3) is 0 Å². The van der Waals surface area contributed by atoms with Crippen LogP contribution in [0.5, 0.6) is 0 Å². The summed E-state index contributed by atoms with van der Waals surface area (Å²) < 4.78 is 6.23. The normalized spacial score (nSPS) is 11.7. The number of amidine groups is 1. The van der Waals surface area contributed by atoms with Gasteiger partial charge in [-0.05, 0) is 23.8 Å². The summed E-state index contributed by atoms with van der Waals surface area (Å²) in [6.45, 7) is 0. The van der Waals surface area contributed by atoms with Crippen LogP contribution in [0.2, 0.25) is 0 Å². The molecule has 3 rings (SSSR count). The minimum atomic E-state index is -0.509. The quantitative estimate of drug-likeness (QED) is 0.433. The van der Waals surface area contributed by atoms with Gasteiger partial charge in [-0.1, -0.05) is 18.2 Å². The minimum absolute atomic E-state index is 0.196. The van der Waals surface area contributed by atoms with Crippen molar-refractivity contribution in [3.05, 3.63) is 59.0 Å². The van der Waals surface area contributed by atoms with E-state index in [2.05, 4.69) is 20.3 Å². The molecule has 0 saturated carbocycles. The largest absolute Gasteiger partial charge is 0.464 e. The number of aliphatic imine (C=N–C) groups is 1. The second kappa shape index (κ2) is 6.45. The molecule has 8 nitrogen and oxygen atoms in total. The van der Waals surface area contributed by atoms with E-state index in [1.165, 1.54) is 11.6 Å². The van der Waals surface area contributed by atoms with Crippen LogP contribution in [-0.2, 0) is 11.2 Å². The Labute approximate surface area is 138 Å². The molecule has 0 amide bonds. The summed E-state index contributed by atoms with van der Waals surface area (Å²) in [6.07, 6.45) is 0.490. The molecule has 0 bridgehead atoms. The smallest absolute Gasteiger partial charge is 0.358 e. The lowest BCUT2D eigenvalue weighted by Gasteiger charge is -2.04. The van der Waals surface area contributed by atoms with Gasteiger partial charge >= 0.3 is 5.97 Å². The Morgan fingerprint density at radius 1 is 1.29 bits per heavy atom. The molecule has 2 N–H and O–H groups in total. The first-order valence-corrected chi connectivity index (χ1v) is 7.23. The van der Waals surface area contributed by atoms with Crippen LogP contribution in [0.15, 0.2) is 41.4 Å². The summed E-state index contributed by atoms with van der Waals surface area (Å²) in [6, 6.07) is 10.9. The van der Waals surface area contributed by atoms with E-state index >= 15 is 0 Å². The van der Waals surface area contributed by atoms with Crippen LogP contribution in [0.3, 0.4) is 0 Å². The fourth-order valence-electron chi connectivity index (χ4n) is 2.31. The average molecular weight is 324 g/mol. The molecular formula is C16H16N6O2. The van der Waals surface area contributed by atoms with Gasteiger partial charge in [0, 0.05) is 19.0 Å². The molecule has 2 aromatic heterocycles. The molecule has 0 aliphatic rings. The lowest BCUT2D eigenvalue weighted by atomic mass is 10.1. The molecule has 0 fully saturated rings. The molecule has 122 valence electrons. The highest BCUT2D eigenvalue weighted by molar-refractivity contribution is 5.97. The summed E-state index contributed by atoms with van der Waals surface area (Å²) in [5.41, 5.74) is 8.43. The van der Waals surface area contributed by atoms with E-state index in [1.54, 1.807) is 19.2 Å². The fourth-order valence-corrected chi connectivity index (χ4v) is 2.31. The second-order valence-electron chi connectivity index (χ2n) is 5.08. The van der Waals surface area contributed by atoms with Crippen molar-refractivity contribution in [1.82, 2.24) is 19.8 Å². The third-order valence-corrected chi connectivity index (χ3v) is 3.55. The molecule has 0 unspecified atom stereocenters. The van der Waals surface area contributed by atoms with E-state index in [0.717, 1.165) is 11.1 Å². The number of carbonyl (C=O) groups is 1. The molecule has 0 spiro atoms. The highest BCUT2D eigenvalue weighted by Gasteiger charge is 2.13. The zero-order valence-electron chi connectivity index (χ0n) is 13.3. The van der Waals surface area contributed by atoms with E-state index < -0.39 is 5.97 Å². The van der Waals surface area contributed by atoms with Crippen LogP contribution >= 0.6 is 0 Å². The van der Waals surface area contributed by atoms with E-state index in [9.17, 15) is 4.79 Å². The first-order chi connectivity index (χ1) is 11.6. The van der Waals surface area contributed by atoms with Gasteiger partial charge in [-0.25, -0.2) is 4.79 Å². The number of esters is 1. The number of ether oxygens (including phenoxy) is 1. The van der Waals surface area contributed by atoms with E-state index in [4.69, 9.17) is 10.5 Å². The van der Waals surface area contributed by atoms with Gasteiger partial charge in [0.2, 0.25) is 0 Å². The number of hydrogen-bond donors (Lipinski definition) is 1. The summed E-state index contributed by atoms with van der Waals surface area (Å²) in [5.74, 6) is 0.569. The molecule has 0 radical (unpaired) electrons. The van der Waals surface area contributed by atoms with Crippen molar-refractivity contribution in [1.29, 1.82) is 0 Å². The number of nitrogens with zero attached hydrogens (tertiary/aromatic N) is 5. The van der Waals surface area contributed by atoms with E-state index in [0.29, 0.717) is 23.7 Å². The van der Waals surface area contributed by atoms with Crippen molar-refractivity contribution >= 4 is 17.5 Å². The molecular weight excluding hydrogens is 308 g/mol. The number of benzene rings is 1. The minimum Gasteiger partial charge on any atom is -0.464 e. The number of methoxy groups -OCH3 is 1. The summed E-state index contributed by atoms with van der Waals surface area (Å²) in [5, 5.41) is 12.5. The fraction of sp³-hybridized carbons (Fsp3) is 0.188. The van der Waals surface area contributed by atoms with Gasteiger partial charge in [-0.3, -0.25) is 4.99 Å². The van der Waals surface area contributed by atoms with Crippen LogP contribution in [0.25, 0.3) is 5.65 Å². The summed E-state index contributed by atoms with van der Waals surface area (Å²) >= 11 is 0. The SMILES string of the molecule is CN=C(N)c1cccc(Cc2nnc3ccc(C(=O)OC)nn23)c1. The first-order valence-electron chi connectivity index (χ1n) is 7.23. The van der Waals surface area contributed by atoms with E-state index in [-0.39, 0.29) is 5.69 Å². The Kier molecular flexibility index (Phi) is 4.19. The molecule has 24 heavy (non-hydrogen) atoms. The molecule has 0 atom stereocenters. The van der Waals surface area contributed by atoms with Gasteiger partial charge in [0.15, 0.2) is 17.2 Å². The van der Waals surface area contributed by atoms with Crippen LogP contribution in [0.1, 0.15) is 27.4 Å². The molecule has 1 aromatic carbocycles. The molecule has 2 heterocycles. The average Bonchev–Trinajstić information content (AvgIpc) is 3.02. The number of carbonyl (C=O) groups excluding carboxylic acids is 1. The Morgan fingerprint density at radius 3 is 2.88 bits per heavy atom. The van der Waals surface area contributed by atoms with Crippen LogP contribution < -0.4 is 5.73 Å². The maximum Gasteiger partial charge on any atom is 0.358 e. The highest BCUT2D eigenvalue weighted by Crippen LogP contribution is 2.12. The highest BCUT2D eigenvalue weighted by atomic mass is 16.5. The molecule has 0 aliphatic heterocycles. The Hall–Kier alpha value is -3.29. The number of nitrogens with two attached hydrogens (primary N) is 1. The van der Waals surface area contributed by atoms with Crippen molar-refractivity contribution in [2.45, 2.75) is 6.42 Å². The third kappa shape index (κ3) is 2.94. The van der Waals surface area contributed by atoms with Gasteiger partial charge < -0.3 is 10.5 Å². The number of fused-ring (bicyclic) bond motifs is 1. The zero-order chi connectivity index (χ0) is 17.1. The number of aromatic nitrogens is 4. The molecule has 0 aliphatic carbocycles. The molecule has 3 aromatic rings. The van der Waals surface area contributed by atoms with Gasteiger partial charge in [0.05, 0.1) is 7.11 Å². The Balaban J connectivity index is 1.97. The van der Waals surface area contributed by atoms with Crippen LogP contribution in [-0.4, -0.2) is 45.8 Å². The zero-order valence-corrected chi connectivity index (χ0v) is 13.3. The van der Waals surface area contributed by atoms with Gasteiger partial charge in [0.1, 0.15) is 5.84 Å². The second-order valence-corrected chi connectivity index (χ2v) is 5.08. The van der Waals surface area contributed by atoms with Crippen molar-refractivity contribution in [3.8, 4) is 0 Å². The first kappa shape index (κ1) is 15.6. The van der Waals surface area contributed by atoms with Crippen LogP contribution in [0, 0.1) is 0 Å². The number of hydrogen-bond acceptors (Lipinski definition) is 6. The van der Waals surface area contributed by atoms with Gasteiger partial charge in [-0.15, -0.1) is 10.2 Å².